The topological polar surface area (TPSA) is 60.1 Å². The second-order valence-electron chi connectivity index (χ2n) is 5.30. The average Bonchev–Trinajstić information content (AvgIpc) is 2.96. The molecule has 1 atom stereocenters. The fourth-order valence-corrected chi connectivity index (χ4v) is 2.79. The molecule has 0 radical (unpaired) electrons. The third-order valence-corrected chi connectivity index (χ3v) is 3.94. The predicted octanol–water partition coefficient (Wildman–Crippen LogP) is 2.21. The van der Waals surface area contributed by atoms with Crippen LogP contribution in [0.5, 0.6) is 5.75 Å². The summed E-state index contributed by atoms with van der Waals surface area (Å²) in [6, 6.07) is 9.83. The maximum absolute atomic E-state index is 10.5. The lowest BCUT2D eigenvalue weighted by Crippen LogP contribution is -2.26. The summed E-state index contributed by atoms with van der Waals surface area (Å²) >= 11 is 0. The number of nitrogens with one attached hydrogen (secondary N) is 1. The fourth-order valence-electron chi connectivity index (χ4n) is 2.79. The number of phenolic OH excluding ortho intramolecular Hbond substituents is 1. The molecular weight excluding hydrogens is 264 g/mol. The Bertz CT molecular complexity index is 747. The van der Waals surface area contributed by atoms with Crippen molar-refractivity contribution in [3.63, 3.8) is 0 Å². The Labute approximate surface area is 123 Å². The van der Waals surface area contributed by atoms with Crippen molar-refractivity contribution >= 4 is 10.9 Å². The summed E-state index contributed by atoms with van der Waals surface area (Å²) in [5.74, 6) is 0.274. The number of benzene rings is 1. The second kappa shape index (κ2) is 5.58. The number of fused-ring (bicyclic) bond motifs is 1. The molecule has 3 rings (SSSR count). The van der Waals surface area contributed by atoms with E-state index in [-0.39, 0.29) is 12.5 Å². The first-order valence-electron chi connectivity index (χ1n) is 7.05. The van der Waals surface area contributed by atoms with Crippen LogP contribution in [0.4, 0.5) is 0 Å². The normalized spacial score (nSPS) is 12.7. The molecule has 4 heteroatoms. The van der Waals surface area contributed by atoms with E-state index in [0.29, 0.717) is 12.2 Å². The summed E-state index contributed by atoms with van der Waals surface area (Å²) in [5, 5.41) is 20.7. The van der Waals surface area contributed by atoms with Gasteiger partial charge in [-0.1, -0.05) is 6.07 Å². The van der Waals surface area contributed by atoms with Gasteiger partial charge in [-0.15, -0.1) is 0 Å². The number of rotatable bonds is 4. The van der Waals surface area contributed by atoms with Crippen LogP contribution in [0.25, 0.3) is 10.9 Å². The first-order valence-corrected chi connectivity index (χ1v) is 7.05. The van der Waals surface area contributed by atoms with E-state index in [2.05, 4.69) is 4.98 Å². The summed E-state index contributed by atoms with van der Waals surface area (Å²) in [5.41, 5.74) is 2.86. The zero-order chi connectivity index (χ0) is 14.8. The minimum Gasteiger partial charge on any atom is -0.507 e. The molecule has 0 aliphatic heterocycles. The minimum absolute atomic E-state index is 0.0181. The van der Waals surface area contributed by atoms with Crippen molar-refractivity contribution in [3.8, 4) is 5.75 Å². The Morgan fingerprint density at radius 3 is 2.62 bits per heavy atom. The fraction of sp³-hybridized carbons (Fsp3) is 0.235. The lowest BCUT2D eigenvalue weighted by atomic mass is 9.88. The van der Waals surface area contributed by atoms with Gasteiger partial charge < -0.3 is 15.2 Å². The van der Waals surface area contributed by atoms with E-state index in [4.69, 9.17) is 0 Å². The highest BCUT2D eigenvalue weighted by Crippen LogP contribution is 2.37. The van der Waals surface area contributed by atoms with Crippen LogP contribution in [-0.2, 0) is 7.05 Å². The minimum atomic E-state index is -0.0181. The number of phenols is 1. The molecule has 0 spiro atoms. The Kier molecular flexibility index (Phi) is 3.62. The van der Waals surface area contributed by atoms with Gasteiger partial charge in [0.05, 0.1) is 0 Å². The molecule has 3 N–H and O–H groups in total. The number of hydrogen-bond acceptors (Lipinski definition) is 2. The molecule has 1 unspecified atom stereocenters. The van der Waals surface area contributed by atoms with Crippen LogP contribution in [0.1, 0.15) is 23.5 Å². The molecule has 4 nitrogen and oxygen atoms in total. The largest absolute Gasteiger partial charge is 0.507 e. The van der Waals surface area contributed by atoms with Gasteiger partial charge in [-0.3, -0.25) is 0 Å². The van der Waals surface area contributed by atoms with Crippen molar-refractivity contribution in [2.24, 2.45) is 7.05 Å². The Hall–Kier alpha value is -2.33. The smallest absolute Gasteiger partial charge is 0.168 e. The van der Waals surface area contributed by atoms with Gasteiger partial charge in [-0.2, -0.15) is 0 Å². The van der Waals surface area contributed by atoms with Gasteiger partial charge in [0.25, 0.3) is 0 Å². The lowest BCUT2D eigenvalue weighted by Gasteiger charge is -2.18. The quantitative estimate of drug-likeness (QED) is 0.643. The van der Waals surface area contributed by atoms with E-state index < -0.39 is 0 Å². The molecule has 2 aromatic heterocycles. The SMILES string of the molecule is C[n+]1ccc(C(CCO)c2ccc3[nH]ccc3c2O)cc1. The van der Waals surface area contributed by atoms with Crippen LogP contribution < -0.4 is 4.57 Å². The highest BCUT2D eigenvalue weighted by Gasteiger charge is 2.19. The predicted molar refractivity (Wildman–Crippen MR) is 81.1 cm³/mol. The van der Waals surface area contributed by atoms with E-state index in [1.54, 1.807) is 0 Å². The third kappa shape index (κ3) is 2.50. The maximum Gasteiger partial charge on any atom is 0.168 e. The van der Waals surface area contributed by atoms with Gasteiger partial charge in [-0.05, 0) is 24.1 Å². The van der Waals surface area contributed by atoms with E-state index in [1.807, 2.05) is 60.5 Å². The second-order valence-corrected chi connectivity index (χ2v) is 5.30. The summed E-state index contributed by atoms with van der Waals surface area (Å²) in [4.78, 5) is 3.09. The number of aliphatic hydroxyl groups is 1. The molecule has 2 heterocycles. The van der Waals surface area contributed by atoms with Gasteiger partial charge in [0.1, 0.15) is 12.8 Å². The first-order chi connectivity index (χ1) is 10.2. The number of pyridine rings is 1. The number of aromatic nitrogens is 2. The van der Waals surface area contributed by atoms with Crippen molar-refractivity contribution in [1.82, 2.24) is 4.98 Å². The summed E-state index contributed by atoms with van der Waals surface area (Å²) in [6.07, 6.45) is 6.35. The third-order valence-electron chi connectivity index (χ3n) is 3.94. The molecular formula is C17H19N2O2+. The molecule has 0 saturated carbocycles. The highest BCUT2D eigenvalue weighted by atomic mass is 16.3. The Morgan fingerprint density at radius 1 is 1.14 bits per heavy atom. The number of aryl methyl sites for hydroxylation is 1. The van der Waals surface area contributed by atoms with Crippen LogP contribution in [0, 0.1) is 0 Å². The molecule has 0 saturated heterocycles. The highest BCUT2D eigenvalue weighted by molar-refractivity contribution is 5.87. The first kappa shape index (κ1) is 13.6. The van der Waals surface area contributed by atoms with Crippen LogP contribution in [-0.4, -0.2) is 21.8 Å². The molecule has 108 valence electrons. The van der Waals surface area contributed by atoms with E-state index in [1.165, 1.54) is 0 Å². The lowest BCUT2D eigenvalue weighted by molar-refractivity contribution is -0.671. The summed E-state index contributed by atoms with van der Waals surface area (Å²) in [7, 11) is 1.97. The monoisotopic (exact) mass is 283 g/mol. The zero-order valence-electron chi connectivity index (χ0n) is 12.0. The van der Waals surface area contributed by atoms with Gasteiger partial charge in [0.2, 0.25) is 0 Å². The molecule has 0 aliphatic carbocycles. The average molecular weight is 283 g/mol. The van der Waals surface area contributed by atoms with Crippen LogP contribution in [0.2, 0.25) is 0 Å². The number of nitrogens with zero attached hydrogens (tertiary/aromatic N) is 1. The van der Waals surface area contributed by atoms with E-state index >= 15 is 0 Å². The van der Waals surface area contributed by atoms with E-state index in [9.17, 15) is 10.2 Å². The number of hydrogen-bond donors (Lipinski definition) is 3. The van der Waals surface area contributed by atoms with Crippen molar-refractivity contribution < 1.29 is 14.8 Å². The summed E-state index contributed by atoms with van der Waals surface area (Å²) < 4.78 is 1.97. The molecule has 21 heavy (non-hydrogen) atoms. The number of aromatic hydroxyl groups is 1. The van der Waals surface area contributed by atoms with Crippen molar-refractivity contribution in [2.75, 3.05) is 6.61 Å². The van der Waals surface area contributed by atoms with Crippen LogP contribution in [0.3, 0.4) is 0 Å². The van der Waals surface area contributed by atoms with Crippen LogP contribution >= 0.6 is 0 Å². The van der Waals surface area contributed by atoms with Gasteiger partial charge in [-0.25, -0.2) is 4.57 Å². The number of aliphatic hydroxyl groups excluding tert-OH is 1. The zero-order valence-corrected chi connectivity index (χ0v) is 12.0. The molecule has 0 bridgehead atoms. The number of aromatic amines is 1. The number of H-pyrrole nitrogens is 1. The van der Waals surface area contributed by atoms with Gasteiger partial charge in [0, 0.05) is 47.3 Å². The molecule has 0 fully saturated rings. The molecule has 0 aliphatic rings. The molecule has 0 amide bonds. The summed E-state index contributed by atoms with van der Waals surface area (Å²) in [6.45, 7) is 0.0797. The van der Waals surface area contributed by atoms with Gasteiger partial charge in [0.15, 0.2) is 12.4 Å². The Morgan fingerprint density at radius 2 is 1.90 bits per heavy atom. The molecule has 3 aromatic rings. The van der Waals surface area contributed by atoms with Gasteiger partial charge >= 0.3 is 0 Å². The van der Waals surface area contributed by atoms with Crippen molar-refractivity contribution in [1.29, 1.82) is 0 Å². The van der Waals surface area contributed by atoms with Crippen molar-refractivity contribution in [3.05, 3.63) is 60.0 Å². The standard InChI is InChI=1S/C17H18N2O2/c1-19-9-5-12(6-10-19)13(7-11-20)14-2-3-16-15(17(14)21)4-8-18-16/h2-6,8-10,13,18,20H,7,11H2,1H3/p+1. The van der Waals surface area contributed by atoms with Crippen molar-refractivity contribution in [2.45, 2.75) is 12.3 Å². The molecule has 1 aromatic carbocycles. The van der Waals surface area contributed by atoms with Crippen LogP contribution in [0.15, 0.2) is 48.9 Å². The van der Waals surface area contributed by atoms with E-state index in [0.717, 1.165) is 22.0 Å². The Balaban J connectivity index is 2.10. The maximum atomic E-state index is 10.5.